The molecular weight excluding hydrogens is 272 g/mol. The lowest BCUT2D eigenvalue weighted by Gasteiger charge is -2.10. The molecule has 1 aliphatic rings. The Kier molecular flexibility index (Phi) is 6.43. The Balaban J connectivity index is 1.58. The fraction of sp³-hybridized carbons (Fsp3) is 0.600. The molecular formula is C15H22N2O4. The van der Waals surface area contributed by atoms with Crippen molar-refractivity contribution < 1.29 is 19.0 Å². The average molecular weight is 294 g/mol. The number of amides is 1. The zero-order valence-corrected chi connectivity index (χ0v) is 12.3. The van der Waals surface area contributed by atoms with Gasteiger partial charge in [-0.05, 0) is 24.5 Å². The van der Waals surface area contributed by atoms with Gasteiger partial charge in [-0.25, -0.2) is 4.98 Å². The lowest BCUT2D eigenvalue weighted by atomic mass is 10.2. The summed E-state index contributed by atoms with van der Waals surface area (Å²) in [7, 11) is 1.57. The summed E-state index contributed by atoms with van der Waals surface area (Å²) in [4.78, 5) is 15.7. The van der Waals surface area contributed by atoms with Crippen molar-refractivity contribution >= 4 is 5.91 Å². The number of ether oxygens (including phenoxy) is 3. The number of hydrogen-bond donors (Lipinski definition) is 1. The van der Waals surface area contributed by atoms with Crippen molar-refractivity contribution in [2.24, 2.45) is 0 Å². The Morgan fingerprint density at radius 1 is 1.57 bits per heavy atom. The van der Waals surface area contributed by atoms with Gasteiger partial charge in [0.15, 0.2) is 0 Å². The van der Waals surface area contributed by atoms with Crippen molar-refractivity contribution in [3.8, 4) is 5.88 Å². The van der Waals surface area contributed by atoms with Crippen molar-refractivity contribution in [2.45, 2.75) is 31.9 Å². The molecule has 1 saturated heterocycles. The minimum Gasteiger partial charge on any atom is -0.481 e. The Morgan fingerprint density at radius 2 is 2.48 bits per heavy atom. The van der Waals surface area contributed by atoms with Crippen LogP contribution in [0, 0.1) is 0 Å². The van der Waals surface area contributed by atoms with E-state index in [0.29, 0.717) is 32.1 Å². The second-order valence-corrected chi connectivity index (χ2v) is 4.94. The van der Waals surface area contributed by atoms with Gasteiger partial charge in [0.05, 0.1) is 26.4 Å². The van der Waals surface area contributed by atoms with E-state index in [1.165, 1.54) is 0 Å². The van der Waals surface area contributed by atoms with Gasteiger partial charge in [-0.3, -0.25) is 4.79 Å². The van der Waals surface area contributed by atoms with Crippen molar-refractivity contribution in [2.75, 3.05) is 26.9 Å². The minimum atomic E-state index is -0.0295. The molecule has 1 aromatic heterocycles. The highest BCUT2D eigenvalue weighted by atomic mass is 16.5. The van der Waals surface area contributed by atoms with Gasteiger partial charge in [0.25, 0.3) is 0 Å². The van der Waals surface area contributed by atoms with E-state index < -0.39 is 0 Å². The number of rotatable bonds is 8. The fourth-order valence-corrected chi connectivity index (χ4v) is 2.12. The van der Waals surface area contributed by atoms with Gasteiger partial charge in [-0.15, -0.1) is 0 Å². The zero-order valence-electron chi connectivity index (χ0n) is 12.3. The third-order valence-corrected chi connectivity index (χ3v) is 3.30. The SMILES string of the molecule is COc1cc(CNC(=O)CCOC[C@H]2CCCO2)ccn1. The number of nitrogens with zero attached hydrogens (tertiary/aromatic N) is 1. The molecule has 21 heavy (non-hydrogen) atoms. The number of nitrogens with one attached hydrogen (secondary N) is 1. The van der Waals surface area contributed by atoms with Crippen LogP contribution >= 0.6 is 0 Å². The molecule has 0 aromatic carbocycles. The molecule has 2 heterocycles. The number of hydrogen-bond acceptors (Lipinski definition) is 5. The molecule has 2 rings (SSSR count). The molecule has 6 heteroatoms. The van der Waals surface area contributed by atoms with Crippen LogP contribution in [0.5, 0.6) is 5.88 Å². The average Bonchev–Trinajstić information content (AvgIpc) is 3.03. The maximum absolute atomic E-state index is 11.7. The van der Waals surface area contributed by atoms with Gasteiger partial charge in [0.2, 0.25) is 11.8 Å². The molecule has 6 nitrogen and oxygen atoms in total. The molecule has 116 valence electrons. The third-order valence-electron chi connectivity index (χ3n) is 3.30. The Morgan fingerprint density at radius 3 is 3.24 bits per heavy atom. The molecule has 0 saturated carbocycles. The van der Waals surface area contributed by atoms with Crippen LogP contribution in [0.1, 0.15) is 24.8 Å². The van der Waals surface area contributed by atoms with E-state index in [1.54, 1.807) is 19.4 Å². The normalized spacial score (nSPS) is 17.7. The van der Waals surface area contributed by atoms with Crippen molar-refractivity contribution in [1.29, 1.82) is 0 Å². The minimum absolute atomic E-state index is 0.0295. The quantitative estimate of drug-likeness (QED) is 0.732. The molecule has 0 radical (unpaired) electrons. The van der Waals surface area contributed by atoms with Crippen molar-refractivity contribution in [3.63, 3.8) is 0 Å². The lowest BCUT2D eigenvalue weighted by molar-refractivity contribution is -0.122. The number of pyridine rings is 1. The number of carbonyl (C=O) groups is 1. The van der Waals surface area contributed by atoms with E-state index in [4.69, 9.17) is 14.2 Å². The first-order valence-electron chi connectivity index (χ1n) is 7.23. The Hall–Kier alpha value is -1.66. The van der Waals surface area contributed by atoms with Gasteiger partial charge >= 0.3 is 0 Å². The Labute approximate surface area is 124 Å². The first-order valence-corrected chi connectivity index (χ1v) is 7.23. The van der Waals surface area contributed by atoms with Gasteiger partial charge in [0.1, 0.15) is 0 Å². The summed E-state index contributed by atoms with van der Waals surface area (Å²) in [5.74, 6) is 0.514. The monoisotopic (exact) mass is 294 g/mol. The van der Waals surface area contributed by atoms with Crippen LogP contribution in [0.4, 0.5) is 0 Å². The zero-order chi connectivity index (χ0) is 14.9. The van der Waals surface area contributed by atoms with E-state index in [-0.39, 0.29) is 12.0 Å². The molecule has 0 unspecified atom stereocenters. The summed E-state index contributed by atoms with van der Waals surface area (Å²) >= 11 is 0. The van der Waals surface area contributed by atoms with Gasteiger partial charge in [-0.1, -0.05) is 0 Å². The maximum Gasteiger partial charge on any atom is 0.222 e. The van der Waals surface area contributed by atoms with Gasteiger partial charge in [-0.2, -0.15) is 0 Å². The summed E-state index contributed by atoms with van der Waals surface area (Å²) in [5, 5.41) is 2.85. The summed E-state index contributed by atoms with van der Waals surface area (Å²) in [6.07, 6.45) is 4.37. The van der Waals surface area contributed by atoms with E-state index in [1.807, 2.05) is 6.07 Å². The molecule has 0 spiro atoms. The van der Waals surface area contributed by atoms with E-state index in [0.717, 1.165) is 25.0 Å². The van der Waals surface area contributed by atoms with Crippen molar-refractivity contribution in [1.82, 2.24) is 10.3 Å². The first-order chi connectivity index (χ1) is 10.3. The van der Waals surface area contributed by atoms with E-state index >= 15 is 0 Å². The molecule has 1 fully saturated rings. The van der Waals surface area contributed by atoms with Gasteiger partial charge in [0, 0.05) is 31.8 Å². The van der Waals surface area contributed by atoms with Gasteiger partial charge < -0.3 is 19.5 Å². The second kappa shape index (κ2) is 8.59. The highest BCUT2D eigenvalue weighted by Crippen LogP contribution is 2.12. The predicted molar refractivity (Wildman–Crippen MR) is 77.0 cm³/mol. The molecule has 1 atom stereocenters. The number of aromatic nitrogens is 1. The van der Waals surface area contributed by atoms with Crippen LogP contribution < -0.4 is 10.1 Å². The molecule has 1 aromatic rings. The topological polar surface area (TPSA) is 69.7 Å². The Bertz CT molecular complexity index is 447. The molecule has 1 aliphatic heterocycles. The van der Waals surface area contributed by atoms with E-state index in [2.05, 4.69) is 10.3 Å². The second-order valence-electron chi connectivity index (χ2n) is 4.94. The summed E-state index contributed by atoms with van der Waals surface area (Å²) in [5.41, 5.74) is 0.954. The fourth-order valence-electron chi connectivity index (χ4n) is 2.12. The van der Waals surface area contributed by atoms with Crippen molar-refractivity contribution in [3.05, 3.63) is 23.9 Å². The number of methoxy groups -OCH3 is 1. The highest BCUT2D eigenvalue weighted by molar-refractivity contribution is 5.75. The lowest BCUT2D eigenvalue weighted by Crippen LogP contribution is -2.24. The smallest absolute Gasteiger partial charge is 0.222 e. The summed E-state index contributed by atoms with van der Waals surface area (Å²) in [6.45, 7) is 2.29. The van der Waals surface area contributed by atoms with Crippen LogP contribution in [0.25, 0.3) is 0 Å². The molecule has 1 N–H and O–H groups in total. The molecule has 1 amide bonds. The highest BCUT2D eigenvalue weighted by Gasteiger charge is 2.15. The molecule has 0 aliphatic carbocycles. The van der Waals surface area contributed by atoms with Crippen LogP contribution in [0.15, 0.2) is 18.3 Å². The third kappa shape index (κ3) is 5.69. The largest absolute Gasteiger partial charge is 0.481 e. The van der Waals surface area contributed by atoms with Crippen LogP contribution in [0.2, 0.25) is 0 Å². The van der Waals surface area contributed by atoms with E-state index in [9.17, 15) is 4.79 Å². The standard InChI is InChI=1S/C15H22N2O4/c1-19-15-9-12(4-6-16-15)10-17-14(18)5-8-20-11-13-3-2-7-21-13/h4,6,9,13H,2-3,5,7-8,10-11H2,1H3,(H,17,18)/t13-/m1/s1. The first kappa shape index (κ1) is 15.7. The predicted octanol–water partition coefficient (Wildman–Crippen LogP) is 1.29. The van der Waals surface area contributed by atoms with Crippen LogP contribution in [0.3, 0.4) is 0 Å². The maximum atomic E-state index is 11.7. The van der Waals surface area contributed by atoms with Crippen LogP contribution in [-0.4, -0.2) is 43.9 Å². The molecule has 0 bridgehead atoms. The van der Waals surface area contributed by atoms with Crippen LogP contribution in [-0.2, 0) is 20.8 Å². The summed E-state index contributed by atoms with van der Waals surface area (Å²) in [6, 6.07) is 3.64. The summed E-state index contributed by atoms with van der Waals surface area (Å²) < 4.78 is 15.9. The number of carbonyl (C=O) groups excluding carboxylic acids is 1.